The number of nitrogens with zero attached hydrogens (tertiary/aromatic N) is 1. The first-order valence-corrected chi connectivity index (χ1v) is 7.52. The number of hydrogen-bond donors (Lipinski definition) is 1. The van der Waals surface area contributed by atoms with E-state index in [9.17, 15) is 23.2 Å². The molecule has 0 bridgehead atoms. The average molecular weight is 322 g/mol. The molecular formula is C16H16F2N2O3. The van der Waals surface area contributed by atoms with Gasteiger partial charge in [0.2, 0.25) is 11.8 Å². The Hall–Kier alpha value is -2.31. The minimum atomic E-state index is -0.997. The maximum atomic E-state index is 14.4. The van der Waals surface area contributed by atoms with E-state index in [4.69, 9.17) is 0 Å². The van der Waals surface area contributed by atoms with Crippen molar-refractivity contribution in [2.24, 2.45) is 5.92 Å². The number of anilines is 1. The van der Waals surface area contributed by atoms with Crippen molar-refractivity contribution in [2.45, 2.75) is 25.2 Å². The van der Waals surface area contributed by atoms with E-state index in [1.807, 2.05) is 0 Å². The van der Waals surface area contributed by atoms with Crippen LogP contribution in [-0.4, -0.2) is 31.2 Å². The smallest absolute Gasteiger partial charge is 0.234 e. The summed E-state index contributed by atoms with van der Waals surface area (Å²) in [4.78, 5) is 35.5. The van der Waals surface area contributed by atoms with Crippen LogP contribution in [0, 0.1) is 17.6 Å². The third-order valence-electron chi connectivity index (χ3n) is 4.43. The Morgan fingerprint density at radius 2 is 1.87 bits per heavy atom. The zero-order valence-electron chi connectivity index (χ0n) is 12.4. The second kappa shape index (κ2) is 6.06. The number of nitrogens with one attached hydrogen (secondary N) is 1. The Kier molecular flexibility index (Phi) is 4.11. The van der Waals surface area contributed by atoms with Crippen LogP contribution in [0.15, 0.2) is 12.1 Å². The second-order valence-corrected chi connectivity index (χ2v) is 5.96. The molecule has 2 aliphatic heterocycles. The van der Waals surface area contributed by atoms with Crippen LogP contribution in [0.1, 0.15) is 30.7 Å². The molecule has 2 fully saturated rings. The molecule has 0 radical (unpaired) electrons. The van der Waals surface area contributed by atoms with Crippen LogP contribution < -0.4 is 10.2 Å². The fourth-order valence-electron chi connectivity index (χ4n) is 3.19. The molecule has 23 heavy (non-hydrogen) atoms. The van der Waals surface area contributed by atoms with Crippen LogP contribution in [0.25, 0.3) is 0 Å². The standard InChI is InChI=1S/C16H16F2N2O3/c17-12-5-10(20-4-3-9(7-20)8-21)6-13(18)15(12)11-1-2-14(22)19-16(11)23/h5-6,8-9,11H,1-4,7H2,(H,19,22,23)/t9-,11?/m0/s1. The maximum absolute atomic E-state index is 14.4. The van der Waals surface area contributed by atoms with E-state index in [1.165, 1.54) is 12.1 Å². The van der Waals surface area contributed by atoms with Crippen molar-refractivity contribution in [2.75, 3.05) is 18.0 Å². The third-order valence-corrected chi connectivity index (χ3v) is 4.43. The number of amides is 2. The van der Waals surface area contributed by atoms with Gasteiger partial charge < -0.3 is 9.69 Å². The highest BCUT2D eigenvalue weighted by atomic mass is 19.1. The van der Waals surface area contributed by atoms with Gasteiger partial charge in [-0.1, -0.05) is 0 Å². The lowest BCUT2D eigenvalue weighted by Gasteiger charge is -2.24. The van der Waals surface area contributed by atoms with Crippen LogP contribution in [0.3, 0.4) is 0 Å². The Labute approximate surface area is 131 Å². The minimum Gasteiger partial charge on any atom is -0.371 e. The molecule has 5 nitrogen and oxygen atoms in total. The first-order valence-electron chi connectivity index (χ1n) is 7.52. The molecule has 1 aromatic carbocycles. The van der Waals surface area contributed by atoms with E-state index >= 15 is 0 Å². The predicted molar refractivity (Wildman–Crippen MR) is 77.9 cm³/mol. The first-order chi connectivity index (χ1) is 11.0. The lowest BCUT2D eigenvalue weighted by Crippen LogP contribution is -2.40. The summed E-state index contributed by atoms with van der Waals surface area (Å²) in [6.07, 6.45) is 1.66. The molecule has 2 atom stereocenters. The summed E-state index contributed by atoms with van der Waals surface area (Å²) >= 11 is 0. The number of halogens is 2. The highest BCUT2D eigenvalue weighted by Crippen LogP contribution is 2.33. The Bertz CT molecular complexity index is 654. The summed E-state index contributed by atoms with van der Waals surface area (Å²) in [7, 11) is 0. The number of imide groups is 1. The summed E-state index contributed by atoms with van der Waals surface area (Å²) in [6, 6.07) is 2.38. The Morgan fingerprint density at radius 1 is 1.17 bits per heavy atom. The molecule has 7 heteroatoms. The molecule has 1 aromatic rings. The van der Waals surface area contributed by atoms with Crippen molar-refractivity contribution in [1.82, 2.24) is 5.32 Å². The Balaban J connectivity index is 1.88. The maximum Gasteiger partial charge on any atom is 0.234 e. The third kappa shape index (κ3) is 2.95. The molecule has 0 saturated carbocycles. The van der Waals surface area contributed by atoms with Crippen LogP contribution in [0.5, 0.6) is 0 Å². The van der Waals surface area contributed by atoms with Gasteiger partial charge in [0.05, 0.1) is 5.92 Å². The van der Waals surface area contributed by atoms with Crippen molar-refractivity contribution >= 4 is 23.8 Å². The normalized spacial score (nSPS) is 24.7. The van der Waals surface area contributed by atoms with E-state index in [1.54, 1.807) is 4.90 Å². The number of aldehydes is 1. The van der Waals surface area contributed by atoms with Crippen molar-refractivity contribution < 1.29 is 23.2 Å². The zero-order chi connectivity index (χ0) is 16.6. The predicted octanol–water partition coefficient (Wildman–Crippen LogP) is 1.51. The number of rotatable bonds is 3. The highest BCUT2D eigenvalue weighted by molar-refractivity contribution is 6.01. The molecule has 122 valence electrons. The van der Waals surface area contributed by atoms with Crippen LogP contribution >= 0.6 is 0 Å². The molecule has 2 amide bonds. The molecule has 3 rings (SSSR count). The van der Waals surface area contributed by atoms with Gasteiger partial charge in [0, 0.05) is 36.7 Å². The second-order valence-electron chi connectivity index (χ2n) is 5.96. The SMILES string of the molecule is O=C[C@H]1CCN(c2cc(F)c(C3CCC(=O)NC3=O)c(F)c2)C1. The van der Waals surface area contributed by atoms with Gasteiger partial charge >= 0.3 is 0 Å². The number of carbonyl (C=O) groups is 3. The fraction of sp³-hybridized carbons (Fsp3) is 0.438. The summed E-state index contributed by atoms with van der Waals surface area (Å²) < 4.78 is 28.8. The monoisotopic (exact) mass is 322 g/mol. The number of hydrogen-bond acceptors (Lipinski definition) is 4. The largest absolute Gasteiger partial charge is 0.371 e. The van der Waals surface area contributed by atoms with E-state index in [0.29, 0.717) is 25.2 Å². The van der Waals surface area contributed by atoms with Gasteiger partial charge in [-0.15, -0.1) is 0 Å². The van der Waals surface area contributed by atoms with Gasteiger partial charge in [-0.2, -0.15) is 0 Å². The summed E-state index contributed by atoms with van der Waals surface area (Å²) in [5.41, 5.74) is 0.0604. The Morgan fingerprint density at radius 3 is 2.43 bits per heavy atom. The quantitative estimate of drug-likeness (QED) is 0.677. The van der Waals surface area contributed by atoms with Gasteiger partial charge in [0.1, 0.15) is 17.9 Å². The van der Waals surface area contributed by atoms with Gasteiger partial charge in [-0.05, 0) is 25.0 Å². The van der Waals surface area contributed by atoms with Crippen LogP contribution in [0.4, 0.5) is 14.5 Å². The topological polar surface area (TPSA) is 66.5 Å². The lowest BCUT2D eigenvalue weighted by molar-refractivity contribution is -0.134. The molecule has 0 aromatic heterocycles. The van der Waals surface area contributed by atoms with Crippen LogP contribution in [0.2, 0.25) is 0 Å². The van der Waals surface area contributed by atoms with E-state index < -0.39 is 29.4 Å². The fourth-order valence-corrected chi connectivity index (χ4v) is 3.19. The molecular weight excluding hydrogens is 306 g/mol. The van der Waals surface area contributed by atoms with Crippen molar-refractivity contribution in [1.29, 1.82) is 0 Å². The molecule has 2 saturated heterocycles. The summed E-state index contributed by atoms with van der Waals surface area (Å²) in [5.74, 6) is -3.83. The zero-order valence-corrected chi connectivity index (χ0v) is 12.4. The average Bonchev–Trinajstić information content (AvgIpc) is 2.97. The summed E-state index contributed by atoms with van der Waals surface area (Å²) in [6.45, 7) is 0.986. The molecule has 2 heterocycles. The van der Waals surface area contributed by atoms with Gasteiger partial charge in [-0.3, -0.25) is 14.9 Å². The number of piperidine rings is 1. The van der Waals surface area contributed by atoms with E-state index in [0.717, 1.165) is 6.29 Å². The number of benzene rings is 1. The lowest BCUT2D eigenvalue weighted by atomic mass is 9.89. The van der Waals surface area contributed by atoms with Gasteiger partial charge in [0.25, 0.3) is 0 Å². The van der Waals surface area contributed by atoms with E-state index in [2.05, 4.69) is 5.32 Å². The van der Waals surface area contributed by atoms with Crippen LogP contribution in [-0.2, 0) is 14.4 Å². The molecule has 0 aliphatic carbocycles. The number of carbonyl (C=O) groups excluding carboxylic acids is 3. The molecule has 1 unspecified atom stereocenters. The minimum absolute atomic E-state index is 0.0597. The molecule has 1 N–H and O–H groups in total. The first kappa shape index (κ1) is 15.6. The molecule has 2 aliphatic rings. The van der Waals surface area contributed by atoms with Crippen molar-refractivity contribution in [3.05, 3.63) is 29.3 Å². The molecule has 0 spiro atoms. The van der Waals surface area contributed by atoms with Crippen molar-refractivity contribution in [3.8, 4) is 0 Å². The van der Waals surface area contributed by atoms with Gasteiger partial charge in [0.15, 0.2) is 0 Å². The summed E-state index contributed by atoms with van der Waals surface area (Å²) in [5, 5.41) is 2.10. The van der Waals surface area contributed by atoms with Crippen molar-refractivity contribution in [3.63, 3.8) is 0 Å². The van der Waals surface area contributed by atoms with E-state index in [-0.39, 0.29) is 24.3 Å². The van der Waals surface area contributed by atoms with Gasteiger partial charge in [-0.25, -0.2) is 8.78 Å². The highest BCUT2D eigenvalue weighted by Gasteiger charge is 2.33.